The minimum absolute atomic E-state index is 0.175. The maximum absolute atomic E-state index is 11.9. The molecule has 1 unspecified atom stereocenters. The molecule has 2 rings (SSSR count). The molecule has 1 aromatic heterocycles. The van der Waals surface area contributed by atoms with Crippen molar-refractivity contribution in [2.24, 2.45) is 5.11 Å². The average molecular weight is 257 g/mol. The van der Waals surface area contributed by atoms with Gasteiger partial charge in [0.15, 0.2) is 0 Å². The minimum atomic E-state index is -0.603. The number of thiophene rings is 1. The van der Waals surface area contributed by atoms with E-state index in [1.807, 2.05) is 0 Å². The van der Waals surface area contributed by atoms with Gasteiger partial charge in [0.1, 0.15) is 6.04 Å². The van der Waals surface area contributed by atoms with Crippen LogP contribution in [0.2, 0.25) is 4.34 Å². The van der Waals surface area contributed by atoms with Gasteiger partial charge in [-0.2, -0.15) is 0 Å². The number of likely N-dealkylation sites (N-methyl/N-ethyl adjacent to an activating group) is 1. The average Bonchev–Trinajstić information content (AvgIpc) is 2.59. The molecule has 1 aromatic rings. The third-order valence-electron chi connectivity index (χ3n) is 2.57. The fourth-order valence-corrected chi connectivity index (χ4v) is 3.06. The molecule has 5 nitrogen and oxygen atoms in total. The number of halogens is 1. The van der Waals surface area contributed by atoms with Gasteiger partial charge >= 0.3 is 0 Å². The minimum Gasteiger partial charge on any atom is -0.314 e. The molecule has 1 atom stereocenters. The topological polar surface area (TPSA) is 69.1 Å². The van der Waals surface area contributed by atoms with E-state index in [1.54, 1.807) is 13.1 Å². The molecule has 0 fully saturated rings. The summed E-state index contributed by atoms with van der Waals surface area (Å²) in [6.45, 7) is 0. The van der Waals surface area contributed by atoms with E-state index in [2.05, 4.69) is 10.0 Å². The van der Waals surface area contributed by atoms with Crippen molar-refractivity contribution in [1.82, 2.24) is 0 Å². The second-order valence-electron chi connectivity index (χ2n) is 3.52. The first-order valence-electron chi connectivity index (χ1n) is 4.73. The quantitative estimate of drug-likeness (QED) is 0.433. The van der Waals surface area contributed by atoms with Crippen molar-refractivity contribution in [2.45, 2.75) is 18.9 Å². The zero-order chi connectivity index (χ0) is 11.7. The van der Waals surface area contributed by atoms with Crippen molar-refractivity contribution in [2.75, 3.05) is 11.9 Å². The maximum atomic E-state index is 11.9. The van der Waals surface area contributed by atoms with Crippen molar-refractivity contribution in [3.8, 4) is 0 Å². The third-order valence-corrected chi connectivity index (χ3v) is 3.88. The standard InChI is InChI=1S/C9H9ClN4OS/c1-14-6-4-8(10)16-7(6)3-2-5(9(14)15)12-13-11/h4-5H,2-3H2,1H3. The van der Waals surface area contributed by atoms with Gasteiger partial charge < -0.3 is 4.90 Å². The van der Waals surface area contributed by atoms with Gasteiger partial charge in [0.2, 0.25) is 5.91 Å². The highest BCUT2D eigenvalue weighted by molar-refractivity contribution is 7.16. The molecule has 0 saturated carbocycles. The molecule has 0 saturated heterocycles. The number of nitrogens with zero attached hydrogens (tertiary/aromatic N) is 4. The number of anilines is 1. The summed E-state index contributed by atoms with van der Waals surface area (Å²) in [5, 5.41) is 3.52. The molecule has 0 spiro atoms. The molecule has 7 heteroatoms. The lowest BCUT2D eigenvalue weighted by atomic mass is 10.1. The molecule has 0 aliphatic carbocycles. The van der Waals surface area contributed by atoms with Gasteiger partial charge in [-0.3, -0.25) is 4.79 Å². The van der Waals surface area contributed by atoms with Crippen LogP contribution in [0.1, 0.15) is 11.3 Å². The first-order valence-corrected chi connectivity index (χ1v) is 5.93. The van der Waals surface area contributed by atoms with Crippen LogP contribution in [0.3, 0.4) is 0 Å². The lowest BCUT2D eigenvalue weighted by molar-refractivity contribution is -0.119. The van der Waals surface area contributed by atoms with Crippen molar-refractivity contribution < 1.29 is 4.79 Å². The fourth-order valence-electron chi connectivity index (χ4n) is 1.75. The molecule has 84 valence electrons. The summed E-state index contributed by atoms with van der Waals surface area (Å²) < 4.78 is 0.673. The monoisotopic (exact) mass is 256 g/mol. The predicted octanol–water partition coefficient (Wildman–Crippen LogP) is 2.99. The number of rotatable bonds is 1. The fraction of sp³-hybridized carbons (Fsp3) is 0.444. The summed E-state index contributed by atoms with van der Waals surface area (Å²) in [7, 11) is 1.68. The Kier molecular flexibility index (Phi) is 3.05. The number of hydrogen-bond donors (Lipinski definition) is 0. The smallest absolute Gasteiger partial charge is 0.235 e. The Balaban J connectivity index is 2.38. The van der Waals surface area contributed by atoms with Crippen molar-refractivity contribution in [1.29, 1.82) is 0 Å². The van der Waals surface area contributed by atoms with Gasteiger partial charge in [-0.05, 0) is 24.4 Å². The van der Waals surface area contributed by atoms with Gasteiger partial charge in [-0.25, -0.2) is 0 Å². The zero-order valence-corrected chi connectivity index (χ0v) is 10.1. The van der Waals surface area contributed by atoms with Gasteiger partial charge in [0.25, 0.3) is 0 Å². The molecule has 0 radical (unpaired) electrons. The van der Waals surface area contributed by atoms with E-state index >= 15 is 0 Å². The lowest BCUT2D eigenvalue weighted by Gasteiger charge is -2.16. The highest BCUT2D eigenvalue weighted by Gasteiger charge is 2.28. The van der Waals surface area contributed by atoms with Crippen molar-refractivity contribution in [3.05, 3.63) is 25.7 Å². The predicted molar refractivity (Wildman–Crippen MR) is 64.0 cm³/mol. The summed E-state index contributed by atoms with van der Waals surface area (Å²) in [6.07, 6.45) is 1.25. The van der Waals surface area contributed by atoms with E-state index in [4.69, 9.17) is 17.1 Å². The normalized spacial score (nSPS) is 20.0. The summed E-state index contributed by atoms with van der Waals surface area (Å²) in [5.74, 6) is -0.175. The Morgan fingerprint density at radius 3 is 3.19 bits per heavy atom. The highest BCUT2D eigenvalue weighted by atomic mass is 35.5. The summed E-state index contributed by atoms with van der Waals surface area (Å²) in [4.78, 5) is 17.2. The highest BCUT2D eigenvalue weighted by Crippen LogP contribution is 2.36. The van der Waals surface area contributed by atoms with Crippen LogP contribution in [0.5, 0.6) is 0 Å². The first kappa shape index (κ1) is 11.3. The third kappa shape index (κ3) is 1.87. The van der Waals surface area contributed by atoms with Gasteiger partial charge in [0.05, 0.1) is 10.0 Å². The van der Waals surface area contributed by atoms with Crippen LogP contribution in [-0.4, -0.2) is 19.0 Å². The molecule has 0 aromatic carbocycles. The number of hydrogen-bond acceptors (Lipinski definition) is 3. The maximum Gasteiger partial charge on any atom is 0.235 e. The second kappa shape index (κ2) is 4.33. The Labute approximate surface area is 101 Å². The van der Waals surface area contributed by atoms with Gasteiger partial charge in [-0.1, -0.05) is 16.7 Å². The van der Waals surface area contributed by atoms with E-state index in [0.29, 0.717) is 17.2 Å². The number of aryl methyl sites for hydroxylation is 1. The SMILES string of the molecule is CN1C(=O)C(N=[N+]=[N-])CCc2sc(Cl)cc21. The number of azide groups is 1. The van der Waals surface area contributed by atoms with E-state index < -0.39 is 6.04 Å². The molecule has 1 amide bonds. The van der Waals surface area contributed by atoms with E-state index in [1.165, 1.54) is 16.2 Å². The first-order chi connectivity index (χ1) is 7.63. The molecular weight excluding hydrogens is 248 g/mol. The van der Waals surface area contributed by atoms with Gasteiger partial charge in [-0.15, -0.1) is 11.3 Å². The second-order valence-corrected chi connectivity index (χ2v) is 5.28. The van der Waals surface area contributed by atoms with E-state index in [-0.39, 0.29) is 5.91 Å². The van der Waals surface area contributed by atoms with Crippen LogP contribution in [0.15, 0.2) is 11.2 Å². The molecule has 0 bridgehead atoms. The zero-order valence-electron chi connectivity index (χ0n) is 8.55. The van der Waals surface area contributed by atoms with Crippen LogP contribution in [0.25, 0.3) is 10.4 Å². The van der Waals surface area contributed by atoms with Crippen LogP contribution >= 0.6 is 22.9 Å². The van der Waals surface area contributed by atoms with Crippen LogP contribution < -0.4 is 4.90 Å². The van der Waals surface area contributed by atoms with Crippen LogP contribution in [0, 0.1) is 0 Å². The largest absolute Gasteiger partial charge is 0.314 e. The Hall–Kier alpha value is -1.23. The summed E-state index contributed by atoms with van der Waals surface area (Å²) in [6, 6.07) is 1.17. The molecule has 16 heavy (non-hydrogen) atoms. The molecule has 2 heterocycles. The van der Waals surface area contributed by atoms with E-state index in [9.17, 15) is 4.79 Å². The number of carbonyl (C=O) groups excluding carboxylic acids is 1. The Morgan fingerprint density at radius 1 is 1.75 bits per heavy atom. The van der Waals surface area contributed by atoms with Crippen molar-refractivity contribution in [3.63, 3.8) is 0 Å². The molecule has 1 aliphatic heterocycles. The Morgan fingerprint density at radius 2 is 2.50 bits per heavy atom. The van der Waals surface area contributed by atoms with Crippen LogP contribution in [-0.2, 0) is 11.2 Å². The molecule has 0 N–H and O–H groups in total. The molecular formula is C9H9ClN4OS. The Bertz CT molecular complexity index is 480. The summed E-state index contributed by atoms with van der Waals surface area (Å²) in [5.41, 5.74) is 9.22. The lowest BCUT2D eigenvalue weighted by Crippen LogP contribution is -2.33. The van der Waals surface area contributed by atoms with Crippen LogP contribution in [0.4, 0.5) is 5.69 Å². The number of amides is 1. The number of fused-ring (bicyclic) bond motifs is 1. The summed E-state index contributed by atoms with van der Waals surface area (Å²) >= 11 is 7.38. The molecule has 1 aliphatic rings. The van der Waals surface area contributed by atoms with E-state index in [0.717, 1.165) is 10.6 Å². The van der Waals surface area contributed by atoms with Crippen molar-refractivity contribution >= 4 is 34.5 Å². The number of carbonyl (C=O) groups is 1. The van der Waals surface area contributed by atoms with Gasteiger partial charge in [0, 0.05) is 16.8 Å².